The second-order valence-corrected chi connectivity index (χ2v) is 4.96. The van der Waals surface area contributed by atoms with Crippen molar-refractivity contribution in [2.24, 2.45) is 5.73 Å². The lowest BCUT2D eigenvalue weighted by atomic mass is 10.2. The summed E-state index contributed by atoms with van der Waals surface area (Å²) in [4.78, 5) is 15.3. The van der Waals surface area contributed by atoms with Crippen LogP contribution >= 0.6 is 11.6 Å². The summed E-state index contributed by atoms with van der Waals surface area (Å²) < 4.78 is 0. The number of nitrogens with two attached hydrogens (primary N) is 1. The zero-order valence-electron chi connectivity index (χ0n) is 10.3. The third kappa shape index (κ3) is 3.62. The molecule has 1 aromatic carbocycles. The van der Waals surface area contributed by atoms with Gasteiger partial charge in [-0.05, 0) is 24.3 Å². The molecule has 2 N–H and O–H groups in total. The maximum absolute atomic E-state index is 10.7. The number of carbonyl (C=O) groups is 1. The van der Waals surface area contributed by atoms with E-state index in [1.54, 1.807) is 0 Å². The Morgan fingerprint density at radius 1 is 1.17 bits per heavy atom. The van der Waals surface area contributed by atoms with Crippen LogP contribution in [0.3, 0.4) is 0 Å². The Morgan fingerprint density at radius 3 is 2.33 bits per heavy atom. The Balaban J connectivity index is 1.83. The van der Waals surface area contributed by atoms with Crippen LogP contribution in [-0.2, 0) is 4.79 Å². The summed E-state index contributed by atoms with van der Waals surface area (Å²) in [5.41, 5.74) is 6.36. The van der Waals surface area contributed by atoms with E-state index < -0.39 is 0 Å². The van der Waals surface area contributed by atoms with Gasteiger partial charge in [-0.2, -0.15) is 0 Å². The number of piperazine rings is 1. The Kier molecular flexibility index (Phi) is 4.44. The number of halogens is 1. The molecule has 98 valence electrons. The molecule has 0 atom stereocenters. The van der Waals surface area contributed by atoms with Crippen LogP contribution in [0.2, 0.25) is 5.02 Å². The first-order valence-electron chi connectivity index (χ1n) is 6.16. The maximum Gasteiger partial charge on any atom is 0.218 e. The minimum Gasteiger partial charge on any atom is -0.370 e. The van der Waals surface area contributed by atoms with Crippen molar-refractivity contribution in [3.63, 3.8) is 0 Å². The zero-order chi connectivity index (χ0) is 13.0. The highest BCUT2D eigenvalue weighted by molar-refractivity contribution is 6.30. The molecule has 1 fully saturated rings. The fraction of sp³-hybridized carbons (Fsp3) is 0.462. The smallest absolute Gasteiger partial charge is 0.218 e. The summed E-state index contributed by atoms with van der Waals surface area (Å²) in [5.74, 6) is -0.227. The molecule has 0 aliphatic carbocycles. The number of amides is 1. The van der Waals surface area contributed by atoms with E-state index in [0.717, 1.165) is 37.7 Å². The number of hydrogen-bond acceptors (Lipinski definition) is 3. The van der Waals surface area contributed by atoms with Crippen LogP contribution in [-0.4, -0.2) is 43.5 Å². The molecule has 0 radical (unpaired) electrons. The van der Waals surface area contributed by atoms with E-state index >= 15 is 0 Å². The summed E-state index contributed by atoms with van der Waals surface area (Å²) in [6.45, 7) is 4.65. The van der Waals surface area contributed by atoms with Crippen LogP contribution in [0.4, 0.5) is 5.69 Å². The van der Waals surface area contributed by atoms with Gasteiger partial charge in [-0.15, -0.1) is 0 Å². The first-order chi connectivity index (χ1) is 8.65. The lowest BCUT2D eigenvalue weighted by molar-refractivity contribution is -0.118. The third-order valence-electron chi connectivity index (χ3n) is 3.24. The minimum atomic E-state index is -0.227. The van der Waals surface area contributed by atoms with E-state index in [0.29, 0.717) is 6.42 Å². The van der Waals surface area contributed by atoms with Crippen molar-refractivity contribution in [2.45, 2.75) is 6.42 Å². The number of carbonyl (C=O) groups excluding carboxylic acids is 1. The highest BCUT2D eigenvalue weighted by Crippen LogP contribution is 2.19. The molecule has 1 aliphatic heterocycles. The number of primary amides is 1. The Bertz CT molecular complexity index is 399. The second-order valence-electron chi connectivity index (χ2n) is 4.52. The molecular formula is C13H18ClN3O. The maximum atomic E-state index is 10.7. The molecule has 5 heteroatoms. The lowest BCUT2D eigenvalue weighted by Gasteiger charge is -2.36. The molecule has 0 saturated carbocycles. The molecule has 0 aromatic heterocycles. The molecular weight excluding hydrogens is 250 g/mol. The molecule has 1 amide bonds. The molecule has 4 nitrogen and oxygen atoms in total. The molecule has 1 heterocycles. The van der Waals surface area contributed by atoms with Gasteiger partial charge < -0.3 is 10.6 Å². The quantitative estimate of drug-likeness (QED) is 0.896. The van der Waals surface area contributed by atoms with Crippen molar-refractivity contribution in [1.29, 1.82) is 0 Å². The summed E-state index contributed by atoms with van der Waals surface area (Å²) >= 11 is 5.87. The van der Waals surface area contributed by atoms with Gasteiger partial charge in [0.05, 0.1) is 0 Å². The Labute approximate surface area is 112 Å². The van der Waals surface area contributed by atoms with Crippen LogP contribution in [0.25, 0.3) is 0 Å². The normalized spacial score (nSPS) is 16.8. The highest BCUT2D eigenvalue weighted by Gasteiger charge is 2.17. The van der Waals surface area contributed by atoms with E-state index in [1.165, 1.54) is 5.69 Å². The van der Waals surface area contributed by atoms with Crippen molar-refractivity contribution in [3.05, 3.63) is 29.3 Å². The fourth-order valence-electron chi connectivity index (χ4n) is 2.15. The van der Waals surface area contributed by atoms with Crippen LogP contribution in [0.15, 0.2) is 24.3 Å². The van der Waals surface area contributed by atoms with Gasteiger partial charge in [0.25, 0.3) is 0 Å². The number of hydrogen-bond donors (Lipinski definition) is 1. The van der Waals surface area contributed by atoms with Crippen molar-refractivity contribution in [2.75, 3.05) is 37.6 Å². The number of benzene rings is 1. The fourth-order valence-corrected chi connectivity index (χ4v) is 2.28. The first-order valence-corrected chi connectivity index (χ1v) is 6.54. The van der Waals surface area contributed by atoms with E-state index in [2.05, 4.69) is 9.80 Å². The summed E-state index contributed by atoms with van der Waals surface area (Å²) in [6.07, 6.45) is 0.445. The average Bonchev–Trinajstić information content (AvgIpc) is 2.38. The first kappa shape index (κ1) is 13.2. The van der Waals surface area contributed by atoms with Crippen molar-refractivity contribution in [1.82, 2.24) is 4.90 Å². The average molecular weight is 268 g/mol. The summed E-state index contributed by atoms with van der Waals surface area (Å²) in [7, 11) is 0. The van der Waals surface area contributed by atoms with Crippen LogP contribution in [0.1, 0.15) is 6.42 Å². The van der Waals surface area contributed by atoms with Gasteiger partial charge in [-0.25, -0.2) is 0 Å². The largest absolute Gasteiger partial charge is 0.370 e. The number of rotatable bonds is 4. The van der Waals surface area contributed by atoms with Gasteiger partial charge in [0.15, 0.2) is 0 Å². The van der Waals surface area contributed by atoms with E-state index in [9.17, 15) is 4.79 Å². The molecule has 1 aromatic rings. The molecule has 0 spiro atoms. The second kappa shape index (κ2) is 6.07. The Morgan fingerprint density at radius 2 is 1.78 bits per heavy atom. The van der Waals surface area contributed by atoms with E-state index in [4.69, 9.17) is 17.3 Å². The highest BCUT2D eigenvalue weighted by atomic mass is 35.5. The van der Waals surface area contributed by atoms with Crippen LogP contribution in [0, 0.1) is 0 Å². The SMILES string of the molecule is NC(=O)CCN1CCN(c2ccc(Cl)cc2)CC1. The van der Waals surface area contributed by atoms with Gasteiger partial charge in [-0.3, -0.25) is 9.69 Å². The van der Waals surface area contributed by atoms with Crippen LogP contribution in [0.5, 0.6) is 0 Å². The molecule has 0 bridgehead atoms. The molecule has 1 aliphatic rings. The summed E-state index contributed by atoms with van der Waals surface area (Å²) in [6, 6.07) is 7.91. The summed E-state index contributed by atoms with van der Waals surface area (Å²) in [5, 5.41) is 0.763. The molecule has 2 rings (SSSR count). The van der Waals surface area contributed by atoms with Crippen molar-refractivity contribution < 1.29 is 4.79 Å². The van der Waals surface area contributed by atoms with Crippen molar-refractivity contribution >= 4 is 23.2 Å². The number of anilines is 1. The van der Waals surface area contributed by atoms with Gasteiger partial charge in [0.1, 0.15) is 0 Å². The predicted molar refractivity (Wildman–Crippen MR) is 73.9 cm³/mol. The predicted octanol–water partition coefficient (Wildman–Crippen LogP) is 1.34. The van der Waals surface area contributed by atoms with Crippen molar-refractivity contribution in [3.8, 4) is 0 Å². The monoisotopic (exact) mass is 267 g/mol. The third-order valence-corrected chi connectivity index (χ3v) is 3.49. The number of nitrogens with zero attached hydrogens (tertiary/aromatic N) is 2. The minimum absolute atomic E-state index is 0.227. The lowest BCUT2D eigenvalue weighted by Crippen LogP contribution is -2.47. The molecule has 18 heavy (non-hydrogen) atoms. The standard InChI is InChI=1S/C13H18ClN3O/c14-11-1-3-12(4-2-11)17-9-7-16(8-10-17)6-5-13(15)18/h1-4H,5-10H2,(H2,15,18). The van der Waals surface area contributed by atoms with Gasteiger partial charge >= 0.3 is 0 Å². The van der Waals surface area contributed by atoms with Crippen LogP contribution < -0.4 is 10.6 Å². The van der Waals surface area contributed by atoms with Gasteiger partial charge in [-0.1, -0.05) is 11.6 Å². The van der Waals surface area contributed by atoms with E-state index in [1.807, 2.05) is 24.3 Å². The zero-order valence-corrected chi connectivity index (χ0v) is 11.1. The van der Waals surface area contributed by atoms with E-state index in [-0.39, 0.29) is 5.91 Å². The molecule has 0 unspecified atom stereocenters. The topological polar surface area (TPSA) is 49.6 Å². The van der Waals surface area contributed by atoms with Gasteiger partial charge in [0, 0.05) is 49.9 Å². The molecule has 1 saturated heterocycles. The van der Waals surface area contributed by atoms with Gasteiger partial charge in [0.2, 0.25) is 5.91 Å². The Hall–Kier alpha value is -1.26.